The smallest absolute Gasteiger partial charge is 0.157 e. The van der Waals surface area contributed by atoms with Gasteiger partial charge in [-0.3, -0.25) is 4.99 Å². The number of nitrogens with one attached hydrogen (secondary N) is 1. The summed E-state index contributed by atoms with van der Waals surface area (Å²) in [6.07, 6.45) is 0.977. The molecule has 0 aliphatic carbocycles. The van der Waals surface area contributed by atoms with E-state index in [1.807, 2.05) is 11.8 Å². The quantitative estimate of drug-likeness (QED) is 0.858. The molecule has 3 rings (SSSR count). The topological polar surface area (TPSA) is 24.4 Å². The van der Waals surface area contributed by atoms with Crippen LogP contribution in [0.15, 0.2) is 41.4 Å². The predicted octanol–water partition coefficient (Wildman–Crippen LogP) is 4.90. The van der Waals surface area contributed by atoms with Crippen LogP contribution >= 0.6 is 11.8 Å². The van der Waals surface area contributed by atoms with E-state index in [1.54, 1.807) is 0 Å². The van der Waals surface area contributed by atoms with Gasteiger partial charge in [0.1, 0.15) is 0 Å². The van der Waals surface area contributed by atoms with Gasteiger partial charge in [0.15, 0.2) is 5.17 Å². The van der Waals surface area contributed by atoms with Crippen LogP contribution in [-0.2, 0) is 6.42 Å². The van der Waals surface area contributed by atoms with Gasteiger partial charge in [-0.15, -0.1) is 0 Å². The molecule has 1 N–H and O–H groups in total. The first-order chi connectivity index (χ1) is 11.5. The summed E-state index contributed by atoms with van der Waals surface area (Å²) in [4.78, 5) is 4.59. The lowest BCUT2D eigenvalue weighted by atomic mass is 9.94. The summed E-state index contributed by atoms with van der Waals surface area (Å²) in [6, 6.07) is 13.9. The Labute approximate surface area is 149 Å². The van der Waals surface area contributed by atoms with Crippen LogP contribution in [0.4, 0.5) is 0 Å². The van der Waals surface area contributed by atoms with Crippen LogP contribution in [-0.4, -0.2) is 17.5 Å². The molecule has 0 saturated carbocycles. The van der Waals surface area contributed by atoms with Gasteiger partial charge in [0.05, 0.1) is 12.6 Å². The van der Waals surface area contributed by atoms with Crippen molar-refractivity contribution in [2.24, 2.45) is 4.99 Å². The highest BCUT2D eigenvalue weighted by atomic mass is 32.2. The highest BCUT2D eigenvalue weighted by Gasteiger charge is 2.17. The molecule has 0 bridgehead atoms. The van der Waals surface area contributed by atoms with E-state index in [2.05, 4.69) is 74.4 Å². The average Bonchev–Trinajstić information content (AvgIpc) is 2.97. The molecule has 3 heteroatoms. The minimum atomic E-state index is 0.258. The summed E-state index contributed by atoms with van der Waals surface area (Å²) in [6.45, 7) is 9.62. The van der Waals surface area contributed by atoms with Crippen molar-refractivity contribution in [3.8, 4) is 0 Å². The largest absolute Gasteiger partial charge is 0.358 e. The summed E-state index contributed by atoms with van der Waals surface area (Å²) in [5.41, 5.74) is 8.03. The van der Waals surface area contributed by atoms with Crippen LogP contribution in [0.3, 0.4) is 0 Å². The van der Waals surface area contributed by atoms with Crippen LogP contribution in [0.5, 0.6) is 0 Å². The van der Waals surface area contributed by atoms with Gasteiger partial charge in [0, 0.05) is 5.75 Å². The molecule has 1 aliphatic rings. The van der Waals surface area contributed by atoms with E-state index in [0.717, 1.165) is 23.9 Å². The van der Waals surface area contributed by atoms with Gasteiger partial charge in [-0.25, -0.2) is 0 Å². The summed E-state index contributed by atoms with van der Waals surface area (Å²) >= 11 is 1.83. The number of amidine groups is 1. The van der Waals surface area contributed by atoms with Crippen molar-refractivity contribution in [3.05, 3.63) is 69.8 Å². The van der Waals surface area contributed by atoms with Crippen molar-refractivity contribution in [2.45, 2.75) is 40.2 Å². The molecular formula is C21H26N2S. The van der Waals surface area contributed by atoms with Crippen molar-refractivity contribution in [2.75, 3.05) is 12.3 Å². The molecule has 2 aromatic rings. The summed E-state index contributed by atoms with van der Waals surface area (Å²) in [5, 5.41) is 4.77. The highest BCUT2D eigenvalue weighted by molar-refractivity contribution is 8.14. The fraction of sp³-hybridized carbons (Fsp3) is 0.381. The molecule has 126 valence electrons. The van der Waals surface area contributed by atoms with Crippen molar-refractivity contribution >= 4 is 16.9 Å². The molecule has 1 unspecified atom stereocenters. The van der Waals surface area contributed by atoms with Gasteiger partial charge in [-0.2, -0.15) is 0 Å². The maximum absolute atomic E-state index is 4.59. The van der Waals surface area contributed by atoms with E-state index in [1.165, 1.54) is 33.4 Å². The molecule has 0 aromatic heterocycles. The van der Waals surface area contributed by atoms with E-state index < -0.39 is 0 Å². The summed E-state index contributed by atoms with van der Waals surface area (Å²) in [7, 11) is 0. The SMILES string of the molecule is Cc1cc(C)cc(CC(NC2=NCCS2)c2cc(C)cc(C)c2)c1. The van der Waals surface area contributed by atoms with Gasteiger partial charge >= 0.3 is 0 Å². The Bertz CT molecular complexity index is 724. The van der Waals surface area contributed by atoms with E-state index in [0.29, 0.717) is 0 Å². The van der Waals surface area contributed by atoms with Crippen molar-refractivity contribution in [1.29, 1.82) is 0 Å². The standard InChI is InChI=1S/C21H26N2S/c1-14-7-15(2)10-18(9-14)13-20(23-21-22-5-6-24-21)19-11-16(3)8-17(4)12-19/h7-12,20H,5-6,13H2,1-4H3,(H,22,23). The Morgan fingerprint density at radius 1 is 0.917 bits per heavy atom. The highest BCUT2D eigenvalue weighted by Crippen LogP contribution is 2.24. The maximum Gasteiger partial charge on any atom is 0.157 e. The van der Waals surface area contributed by atoms with Crippen molar-refractivity contribution in [1.82, 2.24) is 5.32 Å². The molecule has 2 nitrogen and oxygen atoms in total. The number of nitrogens with zero attached hydrogens (tertiary/aromatic N) is 1. The Kier molecular flexibility index (Phi) is 5.30. The average molecular weight is 339 g/mol. The molecule has 1 aliphatic heterocycles. The number of hydrogen-bond acceptors (Lipinski definition) is 3. The Morgan fingerprint density at radius 2 is 1.50 bits per heavy atom. The first kappa shape index (κ1) is 17.1. The van der Waals surface area contributed by atoms with E-state index in [4.69, 9.17) is 0 Å². The first-order valence-corrected chi connectivity index (χ1v) is 9.57. The molecule has 0 fully saturated rings. The minimum Gasteiger partial charge on any atom is -0.358 e. The van der Waals surface area contributed by atoms with Gasteiger partial charge in [-0.05, 0) is 45.2 Å². The molecule has 24 heavy (non-hydrogen) atoms. The monoisotopic (exact) mass is 338 g/mol. The van der Waals surface area contributed by atoms with E-state index >= 15 is 0 Å². The molecule has 0 radical (unpaired) electrons. The van der Waals surface area contributed by atoms with Crippen molar-refractivity contribution < 1.29 is 0 Å². The summed E-state index contributed by atoms with van der Waals surface area (Å²) < 4.78 is 0. The fourth-order valence-corrected chi connectivity index (χ4v) is 4.24. The molecule has 0 amide bonds. The lowest BCUT2D eigenvalue weighted by Gasteiger charge is -2.22. The third-order valence-electron chi connectivity index (χ3n) is 4.25. The Morgan fingerprint density at radius 3 is 2.04 bits per heavy atom. The molecule has 0 saturated heterocycles. The van der Waals surface area contributed by atoms with Gasteiger partial charge < -0.3 is 5.32 Å². The van der Waals surface area contributed by atoms with Crippen LogP contribution in [0.1, 0.15) is 39.4 Å². The second kappa shape index (κ2) is 7.43. The lowest BCUT2D eigenvalue weighted by Crippen LogP contribution is -2.27. The molecular weight excluding hydrogens is 312 g/mol. The van der Waals surface area contributed by atoms with Gasteiger partial charge in [-0.1, -0.05) is 70.4 Å². The fourth-order valence-electron chi connectivity index (χ4n) is 3.46. The second-order valence-electron chi connectivity index (χ2n) is 6.85. The third-order valence-corrected chi connectivity index (χ3v) is 5.16. The number of rotatable bonds is 4. The zero-order chi connectivity index (χ0) is 17.1. The lowest BCUT2D eigenvalue weighted by molar-refractivity contribution is 0.646. The van der Waals surface area contributed by atoms with Crippen molar-refractivity contribution in [3.63, 3.8) is 0 Å². The number of aliphatic imine (C=N–C) groups is 1. The molecule has 2 aromatic carbocycles. The van der Waals surface area contributed by atoms with E-state index in [-0.39, 0.29) is 6.04 Å². The zero-order valence-electron chi connectivity index (χ0n) is 15.0. The molecule has 1 atom stereocenters. The van der Waals surface area contributed by atoms with Crippen LogP contribution in [0.2, 0.25) is 0 Å². The van der Waals surface area contributed by atoms with E-state index in [9.17, 15) is 0 Å². The number of aryl methyl sites for hydroxylation is 4. The van der Waals surface area contributed by atoms with Crippen LogP contribution in [0, 0.1) is 27.7 Å². The molecule has 0 spiro atoms. The Balaban J connectivity index is 1.91. The number of thioether (sulfide) groups is 1. The van der Waals surface area contributed by atoms with Gasteiger partial charge in [0.2, 0.25) is 0 Å². The summed E-state index contributed by atoms with van der Waals surface area (Å²) in [5.74, 6) is 1.09. The predicted molar refractivity (Wildman–Crippen MR) is 106 cm³/mol. The third kappa shape index (κ3) is 4.41. The number of hydrogen-bond donors (Lipinski definition) is 1. The van der Waals surface area contributed by atoms with Gasteiger partial charge in [0.25, 0.3) is 0 Å². The Hall–Kier alpha value is -1.74. The minimum absolute atomic E-state index is 0.258. The first-order valence-electron chi connectivity index (χ1n) is 8.59. The second-order valence-corrected chi connectivity index (χ2v) is 7.94. The van der Waals surface area contributed by atoms with Crippen LogP contribution < -0.4 is 5.32 Å². The van der Waals surface area contributed by atoms with Crippen LogP contribution in [0.25, 0.3) is 0 Å². The normalized spacial score (nSPS) is 15.2. The zero-order valence-corrected chi connectivity index (χ0v) is 15.8. The molecule has 1 heterocycles. The maximum atomic E-state index is 4.59. The number of benzene rings is 2.